The predicted octanol–water partition coefficient (Wildman–Crippen LogP) is 8.05. The van der Waals surface area contributed by atoms with Crippen LogP contribution in [0.25, 0.3) is 0 Å². The molecular formula is C35H65NO6. The zero-order valence-corrected chi connectivity index (χ0v) is 27.6. The molecule has 3 atom stereocenters. The third-order valence-corrected chi connectivity index (χ3v) is 9.06. The molecule has 0 aromatic carbocycles. The van der Waals surface area contributed by atoms with Gasteiger partial charge in [0.2, 0.25) is 0 Å². The van der Waals surface area contributed by atoms with Gasteiger partial charge < -0.3 is 20.1 Å². The molecule has 0 aromatic rings. The van der Waals surface area contributed by atoms with Crippen LogP contribution < -0.4 is 5.11 Å². The molecule has 246 valence electrons. The van der Waals surface area contributed by atoms with Gasteiger partial charge in [0, 0.05) is 19.3 Å². The molecule has 7 heteroatoms. The monoisotopic (exact) mass is 595 g/mol. The zero-order chi connectivity index (χ0) is 31.6. The molecule has 0 fully saturated rings. The van der Waals surface area contributed by atoms with Gasteiger partial charge in [-0.15, -0.1) is 0 Å². The summed E-state index contributed by atoms with van der Waals surface area (Å²) in [6, 6.07) is -3.37. The van der Waals surface area contributed by atoms with E-state index in [1.165, 1.54) is 89.9 Å². The van der Waals surface area contributed by atoms with Crippen molar-refractivity contribution >= 4 is 17.9 Å². The van der Waals surface area contributed by atoms with Crippen LogP contribution in [0.4, 0.5) is 0 Å². The number of hydrogen-bond acceptors (Lipinski definition) is 4. The number of quaternary nitrogens is 1. The van der Waals surface area contributed by atoms with Crippen LogP contribution in [0.3, 0.4) is 0 Å². The average molecular weight is 596 g/mol. The third kappa shape index (κ3) is 15.5. The first-order chi connectivity index (χ1) is 20.2. The maximum atomic E-state index is 12.3. The summed E-state index contributed by atoms with van der Waals surface area (Å²) in [5, 5.41) is 32.2. The van der Waals surface area contributed by atoms with E-state index < -0.39 is 40.5 Å². The van der Waals surface area contributed by atoms with Crippen molar-refractivity contribution in [3.8, 4) is 0 Å². The van der Waals surface area contributed by atoms with Crippen molar-refractivity contribution in [3.63, 3.8) is 0 Å². The minimum atomic E-state index is -1.36. The van der Waals surface area contributed by atoms with Crippen molar-refractivity contribution < 1.29 is 34.2 Å². The van der Waals surface area contributed by atoms with Gasteiger partial charge in [-0.1, -0.05) is 130 Å². The van der Waals surface area contributed by atoms with Crippen molar-refractivity contribution in [2.75, 3.05) is 6.54 Å². The Balaban J connectivity index is 4.32. The van der Waals surface area contributed by atoms with Crippen molar-refractivity contribution in [3.05, 3.63) is 12.2 Å². The number of rotatable bonds is 30. The number of carboxylic acids is 3. The maximum absolute atomic E-state index is 12.3. The molecule has 3 unspecified atom stereocenters. The highest BCUT2D eigenvalue weighted by Gasteiger charge is 2.53. The molecule has 0 amide bonds. The minimum Gasteiger partial charge on any atom is -0.544 e. The Morgan fingerprint density at radius 1 is 0.548 bits per heavy atom. The number of allylic oxidation sites excluding steroid dienone is 2. The lowest BCUT2D eigenvalue weighted by Crippen LogP contribution is -2.73. The lowest BCUT2D eigenvalue weighted by molar-refractivity contribution is -0.974. The maximum Gasteiger partial charge on any atom is 0.362 e. The van der Waals surface area contributed by atoms with E-state index in [0.717, 1.165) is 25.7 Å². The van der Waals surface area contributed by atoms with E-state index >= 15 is 0 Å². The summed E-state index contributed by atoms with van der Waals surface area (Å²) in [6.07, 6.45) is 28.2. The van der Waals surface area contributed by atoms with Crippen molar-refractivity contribution in [2.45, 2.75) is 187 Å². The molecule has 0 saturated carbocycles. The first kappa shape index (κ1) is 40.1. The lowest BCUT2D eigenvalue weighted by atomic mass is 9.93. The zero-order valence-electron chi connectivity index (χ0n) is 27.6. The second-order valence-corrected chi connectivity index (χ2v) is 12.2. The van der Waals surface area contributed by atoms with Gasteiger partial charge in [0.25, 0.3) is 0 Å². The summed E-state index contributed by atoms with van der Waals surface area (Å²) in [7, 11) is 0. The molecular weight excluding hydrogens is 530 g/mol. The van der Waals surface area contributed by atoms with Gasteiger partial charge in [-0.2, -0.15) is 0 Å². The summed E-state index contributed by atoms with van der Waals surface area (Å²) < 4.78 is -0.465. The minimum absolute atomic E-state index is 0.132. The number of hydrogen-bond donors (Lipinski definition) is 2. The lowest BCUT2D eigenvalue weighted by Gasteiger charge is -2.51. The van der Waals surface area contributed by atoms with Crippen LogP contribution in [-0.4, -0.2) is 57.3 Å². The number of carboxylic acid groups (broad SMARTS) is 3. The molecule has 0 aliphatic rings. The van der Waals surface area contributed by atoms with E-state index in [-0.39, 0.29) is 25.8 Å². The largest absolute Gasteiger partial charge is 0.544 e. The fourth-order valence-electron chi connectivity index (χ4n) is 6.85. The molecule has 0 rings (SSSR count). The second kappa shape index (κ2) is 25.6. The quantitative estimate of drug-likeness (QED) is 0.0493. The number of unbranched alkanes of at least 4 members (excludes halogenated alkanes) is 17. The average Bonchev–Trinajstić information content (AvgIpc) is 2.94. The van der Waals surface area contributed by atoms with Crippen molar-refractivity contribution in [1.82, 2.24) is 0 Å². The Hall–Kier alpha value is -1.89. The summed E-state index contributed by atoms with van der Waals surface area (Å²) in [6.45, 7) is 7.46. The molecule has 0 saturated heterocycles. The van der Waals surface area contributed by atoms with E-state index in [9.17, 15) is 29.7 Å². The number of carbonyl (C=O) groups excluding carboxylic acids is 1. The molecule has 0 radical (unpaired) electrons. The molecule has 0 heterocycles. The predicted molar refractivity (Wildman–Crippen MR) is 170 cm³/mol. The van der Waals surface area contributed by atoms with Gasteiger partial charge >= 0.3 is 11.9 Å². The van der Waals surface area contributed by atoms with Crippen LogP contribution in [-0.2, 0) is 14.4 Å². The molecule has 0 aromatic heterocycles. The summed E-state index contributed by atoms with van der Waals surface area (Å²) >= 11 is 0. The van der Waals surface area contributed by atoms with Gasteiger partial charge in [0.1, 0.15) is 6.04 Å². The number of nitrogens with zero attached hydrogens (tertiary/aromatic N) is 1. The van der Waals surface area contributed by atoms with E-state index in [0.29, 0.717) is 6.42 Å². The summed E-state index contributed by atoms with van der Waals surface area (Å²) in [5.74, 6) is -3.64. The molecule has 0 spiro atoms. The van der Waals surface area contributed by atoms with E-state index in [4.69, 9.17) is 0 Å². The van der Waals surface area contributed by atoms with Gasteiger partial charge in [0.15, 0.2) is 12.1 Å². The standard InChI is InChI=1S/C35H65NO6/c1-5-9-10-11-12-13-14-15-16-17-18-19-20-21-22-23-24-25-26-27-28-29-36(30(6-2)33(37)38,31(7-3)34(39)40)32(8-4)35(41)42/h9-10,30-32H,5-8,11-29H2,1-4H3,(H2-,37,38,39,40,41,42)/b10-9+. The van der Waals surface area contributed by atoms with Crippen LogP contribution in [0, 0.1) is 0 Å². The molecule has 0 bridgehead atoms. The molecule has 0 aliphatic carbocycles. The fraction of sp³-hybridized carbons (Fsp3) is 0.857. The highest BCUT2D eigenvalue weighted by atomic mass is 16.4. The van der Waals surface area contributed by atoms with E-state index in [1.807, 2.05) is 0 Å². The number of carbonyl (C=O) groups is 3. The molecule has 0 aliphatic heterocycles. The Bertz CT molecular complexity index is 682. The van der Waals surface area contributed by atoms with Crippen LogP contribution >= 0.6 is 0 Å². The molecule has 7 nitrogen and oxygen atoms in total. The van der Waals surface area contributed by atoms with Crippen LogP contribution in [0.1, 0.15) is 169 Å². The molecule has 2 N–H and O–H groups in total. The Labute approximate surface area is 257 Å². The summed E-state index contributed by atoms with van der Waals surface area (Å²) in [4.78, 5) is 36.7. The van der Waals surface area contributed by atoms with Crippen molar-refractivity contribution in [1.29, 1.82) is 0 Å². The highest BCUT2D eigenvalue weighted by molar-refractivity contribution is 5.77. The van der Waals surface area contributed by atoms with Gasteiger partial charge in [-0.3, -0.25) is 4.48 Å². The third-order valence-electron chi connectivity index (χ3n) is 9.06. The fourth-order valence-corrected chi connectivity index (χ4v) is 6.85. The van der Waals surface area contributed by atoms with E-state index in [1.54, 1.807) is 20.8 Å². The molecule has 42 heavy (non-hydrogen) atoms. The van der Waals surface area contributed by atoms with E-state index in [2.05, 4.69) is 19.1 Å². The van der Waals surface area contributed by atoms with Crippen LogP contribution in [0.2, 0.25) is 0 Å². The Kier molecular flexibility index (Phi) is 24.4. The van der Waals surface area contributed by atoms with Crippen molar-refractivity contribution in [2.24, 2.45) is 0 Å². The normalized spacial score (nSPS) is 15.3. The smallest absolute Gasteiger partial charge is 0.362 e. The topological polar surface area (TPSA) is 115 Å². The van der Waals surface area contributed by atoms with Crippen LogP contribution in [0.15, 0.2) is 12.2 Å². The second-order valence-electron chi connectivity index (χ2n) is 12.2. The SMILES string of the molecule is CC/C=C/CCCCCCCCCCCCCCCCCCC[N+](C(CC)C(=O)[O-])(C(CC)C(=O)O)C(CC)C(=O)O. The Morgan fingerprint density at radius 3 is 1.17 bits per heavy atom. The first-order valence-corrected chi connectivity index (χ1v) is 17.4. The highest BCUT2D eigenvalue weighted by Crippen LogP contribution is 2.32. The van der Waals surface area contributed by atoms with Crippen LogP contribution in [0.5, 0.6) is 0 Å². The van der Waals surface area contributed by atoms with Gasteiger partial charge in [-0.05, 0) is 32.1 Å². The van der Waals surface area contributed by atoms with Gasteiger partial charge in [0.05, 0.1) is 12.5 Å². The Morgan fingerprint density at radius 2 is 0.881 bits per heavy atom. The van der Waals surface area contributed by atoms with Gasteiger partial charge in [-0.25, -0.2) is 9.59 Å². The number of aliphatic carboxylic acids is 3. The first-order valence-electron chi connectivity index (χ1n) is 17.4. The summed E-state index contributed by atoms with van der Waals surface area (Å²) in [5.41, 5.74) is 0.